The lowest BCUT2D eigenvalue weighted by Crippen LogP contribution is -2.48. The third-order valence-corrected chi connectivity index (χ3v) is 5.00. The monoisotopic (exact) mass is 293 g/mol. The zero-order valence-corrected chi connectivity index (χ0v) is 12.9. The van der Waals surface area contributed by atoms with Crippen LogP contribution in [0, 0.1) is 5.92 Å². The summed E-state index contributed by atoms with van der Waals surface area (Å²) in [6.07, 6.45) is 1.33. The van der Waals surface area contributed by atoms with Crippen LogP contribution in [0.1, 0.15) is 13.3 Å². The van der Waals surface area contributed by atoms with Crippen LogP contribution in [0.25, 0.3) is 0 Å². The van der Waals surface area contributed by atoms with Crippen LogP contribution in [0.2, 0.25) is 5.02 Å². The molecule has 2 unspecified atom stereocenters. The zero-order chi connectivity index (χ0) is 13.9. The van der Waals surface area contributed by atoms with Crippen molar-refractivity contribution in [2.45, 2.75) is 19.4 Å². The number of hydrogen-bond acceptors (Lipinski definition) is 3. The molecule has 2 atom stereocenters. The molecule has 2 heterocycles. The molecule has 0 aromatic heterocycles. The lowest BCUT2D eigenvalue weighted by atomic mass is 10.0. The van der Waals surface area contributed by atoms with Crippen LogP contribution in [-0.4, -0.2) is 50.2 Å². The van der Waals surface area contributed by atoms with E-state index >= 15 is 0 Å². The number of halogens is 1. The van der Waals surface area contributed by atoms with E-state index in [1.807, 2.05) is 12.1 Å². The van der Waals surface area contributed by atoms with Crippen molar-refractivity contribution in [2.75, 3.05) is 44.2 Å². The Morgan fingerprint density at radius 1 is 1.15 bits per heavy atom. The van der Waals surface area contributed by atoms with Gasteiger partial charge < -0.3 is 10.2 Å². The van der Waals surface area contributed by atoms with Crippen molar-refractivity contribution in [3.05, 3.63) is 29.3 Å². The van der Waals surface area contributed by atoms with Crippen molar-refractivity contribution in [3.63, 3.8) is 0 Å². The highest BCUT2D eigenvalue weighted by atomic mass is 35.5. The zero-order valence-electron chi connectivity index (χ0n) is 12.2. The van der Waals surface area contributed by atoms with Crippen molar-refractivity contribution in [2.24, 2.45) is 5.92 Å². The number of rotatable bonds is 3. The summed E-state index contributed by atoms with van der Waals surface area (Å²) in [6.45, 7) is 9.35. The SMILES string of the molecule is CC1NCCC1CN1CCN(c2ccc(Cl)cc2)CC1. The van der Waals surface area contributed by atoms with Gasteiger partial charge in [-0.15, -0.1) is 0 Å². The van der Waals surface area contributed by atoms with Gasteiger partial charge in [-0.25, -0.2) is 0 Å². The van der Waals surface area contributed by atoms with E-state index in [4.69, 9.17) is 11.6 Å². The summed E-state index contributed by atoms with van der Waals surface area (Å²) in [4.78, 5) is 5.09. The number of anilines is 1. The van der Waals surface area contributed by atoms with Crippen molar-refractivity contribution < 1.29 is 0 Å². The van der Waals surface area contributed by atoms with Gasteiger partial charge in [-0.2, -0.15) is 0 Å². The van der Waals surface area contributed by atoms with E-state index in [0.717, 1.165) is 24.0 Å². The average molecular weight is 294 g/mol. The highest BCUT2D eigenvalue weighted by Gasteiger charge is 2.26. The molecule has 0 amide bonds. The summed E-state index contributed by atoms with van der Waals surface area (Å²) in [6, 6.07) is 8.90. The largest absolute Gasteiger partial charge is 0.369 e. The molecule has 3 rings (SSSR count). The lowest BCUT2D eigenvalue weighted by molar-refractivity contribution is 0.212. The molecule has 20 heavy (non-hydrogen) atoms. The van der Waals surface area contributed by atoms with Crippen LogP contribution in [0.3, 0.4) is 0 Å². The first-order chi connectivity index (χ1) is 9.72. The van der Waals surface area contributed by atoms with E-state index < -0.39 is 0 Å². The van der Waals surface area contributed by atoms with Gasteiger partial charge in [-0.1, -0.05) is 11.6 Å². The lowest BCUT2D eigenvalue weighted by Gasteiger charge is -2.37. The summed E-state index contributed by atoms with van der Waals surface area (Å²) >= 11 is 5.95. The van der Waals surface area contributed by atoms with Crippen molar-refractivity contribution in [1.29, 1.82) is 0 Å². The Balaban J connectivity index is 1.50. The van der Waals surface area contributed by atoms with Gasteiger partial charge in [0.1, 0.15) is 0 Å². The smallest absolute Gasteiger partial charge is 0.0407 e. The van der Waals surface area contributed by atoms with Crippen LogP contribution < -0.4 is 10.2 Å². The highest BCUT2D eigenvalue weighted by molar-refractivity contribution is 6.30. The predicted molar refractivity (Wildman–Crippen MR) is 85.7 cm³/mol. The summed E-state index contributed by atoms with van der Waals surface area (Å²) < 4.78 is 0. The Morgan fingerprint density at radius 3 is 2.45 bits per heavy atom. The second kappa shape index (κ2) is 6.33. The first-order valence-corrected chi connectivity index (χ1v) is 8.06. The van der Waals surface area contributed by atoms with Gasteiger partial charge >= 0.3 is 0 Å². The average Bonchev–Trinajstić information content (AvgIpc) is 2.86. The predicted octanol–water partition coefficient (Wildman–Crippen LogP) is 2.46. The van der Waals surface area contributed by atoms with Crippen LogP contribution >= 0.6 is 11.6 Å². The molecule has 2 aliphatic rings. The molecule has 0 aliphatic carbocycles. The maximum absolute atomic E-state index is 5.95. The number of piperazine rings is 1. The minimum Gasteiger partial charge on any atom is -0.369 e. The molecule has 2 saturated heterocycles. The molecular weight excluding hydrogens is 270 g/mol. The minimum atomic E-state index is 0.685. The molecule has 0 saturated carbocycles. The topological polar surface area (TPSA) is 18.5 Å². The molecule has 1 N–H and O–H groups in total. The Kier molecular flexibility index (Phi) is 4.49. The van der Waals surface area contributed by atoms with Crippen LogP contribution in [-0.2, 0) is 0 Å². The Bertz CT molecular complexity index is 426. The fourth-order valence-corrected chi connectivity index (χ4v) is 3.46. The first kappa shape index (κ1) is 14.2. The van der Waals surface area contributed by atoms with E-state index in [0.29, 0.717) is 6.04 Å². The van der Waals surface area contributed by atoms with Crippen LogP contribution in [0.5, 0.6) is 0 Å². The Hall–Kier alpha value is -0.770. The van der Waals surface area contributed by atoms with Gasteiger partial charge in [-0.05, 0) is 50.1 Å². The van der Waals surface area contributed by atoms with Gasteiger partial charge in [0.25, 0.3) is 0 Å². The number of nitrogens with one attached hydrogen (secondary N) is 1. The fourth-order valence-electron chi connectivity index (χ4n) is 3.33. The highest BCUT2D eigenvalue weighted by Crippen LogP contribution is 2.21. The third-order valence-electron chi connectivity index (χ3n) is 4.75. The van der Waals surface area contributed by atoms with Gasteiger partial charge in [0, 0.05) is 49.5 Å². The normalized spacial score (nSPS) is 28.0. The minimum absolute atomic E-state index is 0.685. The molecular formula is C16H24ClN3. The van der Waals surface area contributed by atoms with E-state index in [1.165, 1.54) is 38.3 Å². The molecule has 110 valence electrons. The summed E-state index contributed by atoms with van der Waals surface area (Å²) in [5.74, 6) is 0.831. The van der Waals surface area contributed by atoms with Crippen molar-refractivity contribution >= 4 is 17.3 Å². The maximum Gasteiger partial charge on any atom is 0.0407 e. The molecule has 1 aromatic carbocycles. The molecule has 0 bridgehead atoms. The molecule has 0 radical (unpaired) electrons. The molecule has 1 aromatic rings. The molecule has 3 nitrogen and oxygen atoms in total. The van der Waals surface area contributed by atoms with Crippen molar-refractivity contribution in [3.8, 4) is 0 Å². The maximum atomic E-state index is 5.95. The van der Waals surface area contributed by atoms with E-state index in [-0.39, 0.29) is 0 Å². The van der Waals surface area contributed by atoms with E-state index in [2.05, 4.69) is 34.2 Å². The van der Waals surface area contributed by atoms with Gasteiger partial charge in [0.2, 0.25) is 0 Å². The van der Waals surface area contributed by atoms with Crippen LogP contribution in [0.15, 0.2) is 24.3 Å². The fraction of sp³-hybridized carbons (Fsp3) is 0.625. The molecule has 4 heteroatoms. The first-order valence-electron chi connectivity index (χ1n) is 7.68. The second-order valence-corrected chi connectivity index (χ2v) is 6.49. The van der Waals surface area contributed by atoms with Gasteiger partial charge in [0.15, 0.2) is 0 Å². The molecule has 2 aliphatic heterocycles. The van der Waals surface area contributed by atoms with Crippen LogP contribution in [0.4, 0.5) is 5.69 Å². The standard InChI is InChI=1S/C16H24ClN3/c1-13-14(6-7-18-13)12-19-8-10-20(11-9-19)16-4-2-15(17)3-5-16/h2-5,13-14,18H,6-12H2,1H3. The van der Waals surface area contributed by atoms with E-state index in [9.17, 15) is 0 Å². The van der Waals surface area contributed by atoms with E-state index in [1.54, 1.807) is 0 Å². The number of hydrogen-bond donors (Lipinski definition) is 1. The summed E-state index contributed by atoms with van der Waals surface area (Å²) in [5.41, 5.74) is 1.30. The second-order valence-electron chi connectivity index (χ2n) is 6.06. The summed E-state index contributed by atoms with van der Waals surface area (Å²) in [5, 5.41) is 4.36. The molecule has 2 fully saturated rings. The third kappa shape index (κ3) is 3.27. The quantitative estimate of drug-likeness (QED) is 0.924. The van der Waals surface area contributed by atoms with Gasteiger partial charge in [0.05, 0.1) is 0 Å². The Labute approximate surface area is 126 Å². The van der Waals surface area contributed by atoms with Crippen molar-refractivity contribution in [1.82, 2.24) is 10.2 Å². The number of nitrogens with zero attached hydrogens (tertiary/aromatic N) is 2. The Morgan fingerprint density at radius 2 is 1.85 bits per heavy atom. The van der Waals surface area contributed by atoms with Gasteiger partial charge in [-0.3, -0.25) is 4.90 Å². The summed E-state index contributed by atoms with van der Waals surface area (Å²) in [7, 11) is 0. The molecule has 0 spiro atoms. The number of benzene rings is 1.